The Morgan fingerprint density at radius 2 is 2.14 bits per heavy atom. The highest BCUT2D eigenvalue weighted by Gasteiger charge is 2.18. The minimum Gasteiger partial charge on any atom is -0.310 e. The Morgan fingerprint density at radius 3 is 2.82 bits per heavy atom. The number of hydrogen-bond donors (Lipinski definition) is 1. The molecule has 0 saturated heterocycles. The van der Waals surface area contributed by atoms with Crippen LogP contribution in [0.4, 0.5) is 10.9 Å². The summed E-state index contributed by atoms with van der Waals surface area (Å²) in [6, 6.07) is 10.3. The lowest BCUT2D eigenvalue weighted by atomic mass is 10.3. The van der Waals surface area contributed by atoms with Crippen LogP contribution in [0.15, 0.2) is 36.4 Å². The molecule has 1 aromatic carbocycles. The molecule has 0 unspecified atom stereocenters. The normalized spacial score (nSPS) is 10.8. The Labute approximate surface area is 129 Å². The number of benzene rings is 1. The minimum absolute atomic E-state index is 0.0610. The minimum atomic E-state index is -0.511. The van der Waals surface area contributed by atoms with Crippen LogP contribution in [0, 0.1) is 10.1 Å². The van der Waals surface area contributed by atoms with Gasteiger partial charge in [-0.2, -0.15) is 0 Å². The number of carbonyl (C=O) groups is 1. The van der Waals surface area contributed by atoms with Crippen molar-refractivity contribution in [2.75, 3.05) is 5.32 Å². The number of aromatic nitrogens is 2. The number of imidazole rings is 1. The summed E-state index contributed by atoms with van der Waals surface area (Å²) in [4.78, 5) is 27.1. The fourth-order valence-electron chi connectivity index (χ4n) is 2.20. The monoisotopic (exact) mass is 316 g/mol. The molecule has 0 aliphatic carbocycles. The van der Waals surface area contributed by atoms with Crippen LogP contribution in [0.3, 0.4) is 0 Å². The molecular formula is C14H12N4O3S. The lowest BCUT2D eigenvalue weighted by Crippen LogP contribution is -2.14. The Balaban J connectivity index is 1.91. The van der Waals surface area contributed by atoms with Crippen molar-refractivity contribution in [2.24, 2.45) is 0 Å². The summed E-state index contributed by atoms with van der Waals surface area (Å²) in [5.74, 6) is 0.0351. The van der Waals surface area contributed by atoms with Crippen LogP contribution in [0.25, 0.3) is 11.0 Å². The first-order valence-corrected chi connectivity index (χ1v) is 7.42. The topological polar surface area (TPSA) is 90.1 Å². The molecule has 0 saturated carbocycles. The molecule has 0 bridgehead atoms. The molecule has 1 N–H and O–H groups in total. The van der Waals surface area contributed by atoms with Crippen molar-refractivity contribution in [3.05, 3.63) is 51.4 Å². The molecular weight excluding hydrogens is 304 g/mol. The van der Waals surface area contributed by atoms with E-state index in [0.29, 0.717) is 12.5 Å². The third-order valence-corrected chi connectivity index (χ3v) is 4.23. The predicted octanol–water partition coefficient (Wildman–Crippen LogP) is 3.28. The summed E-state index contributed by atoms with van der Waals surface area (Å²) in [6.45, 7) is 2.61. The molecule has 8 heteroatoms. The van der Waals surface area contributed by atoms with E-state index in [1.165, 1.54) is 12.1 Å². The van der Waals surface area contributed by atoms with Gasteiger partial charge in [-0.3, -0.25) is 20.2 Å². The number of anilines is 1. The number of aryl methyl sites for hydroxylation is 1. The predicted molar refractivity (Wildman–Crippen MR) is 84.3 cm³/mol. The Kier molecular flexibility index (Phi) is 3.60. The summed E-state index contributed by atoms with van der Waals surface area (Å²) in [7, 11) is 0. The van der Waals surface area contributed by atoms with Gasteiger partial charge in [-0.25, -0.2) is 4.98 Å². The van der Waals surface area contributed by atoms with Gasteiger partial charge in [-0.15, -0.1) is 0 Å². The van der Waals surface area contributed by atoms with E-state index in [0.717, 1.165) is 22.4 Å². The number of nitrogens with one attached hydrogen (secondary N) is 1. The van der Waals surface area contributed by atoms with E-state index >= 15 is 0 Å². The van der Waals surface area contributed by atoms with Crippen LogP contribution in [-0.4, -0.2) is 20.4 Å². The highest BCUT2D eigenvalue weighted by molar-refractivity contribution is 7.17. The maximum Gasteiger partial charge on any atom is 0.324 e. The van der Waals surface area contributed by atoms with E-state index < -0.39 is 10.8 Å². The number of para-hydroxylation sites is 2. The van der Waals surface area contributed by atoms with E-state index in [2.05, 4.69) is 10.3 Å². The van der Waals surface area contributed by atoms with Gasteiger partial charge >= 0.3 is 5.00 Å². The van der Waals surface area contributed by atoms with E-state index in [-0.39, 0.29) is 9.88 Å². The van der Waals surface area contributed by atoms with E-state index in [1.807, 2.05) is 35.8 Å². The highest BCUT2D eigenvalue weighted by atomic mass is 32.1. The van der Waals surface area contributed by atoms with Gasteiger partial charge in [0.05, 0.1) is 20.8 Å². The van der Waals surface area contributed by atoms with Crippen molar-refractivity contribution in [1.29, 1.82) is 0 Å². The van der Waals surface area contributed by atoms with Gasteiger partial charge in [0.25, 0.3) is 5.91 Å². The first kappa shape index (κ1) is 14.2. The quantitative estimate of drug-likeness (QED) is 0.591. The largest absolute Gasteiger partial charge is 0.324 e. The molecule has 3 rings (SSSR count). The fourth-order valence-corrected chi connectivity index (χ4v) is 2.92. The Bertz CT molecular complexity index is 868. The highest BCUT2D eigenvalue weighted by Crippen LogP contribution is 2.25. The van der Waals surface area contributed by atoms with Crippen LogP contribution >= 0.6 is 11.3 Å². The van der Waals surface area contributed by atoms with Crippen molar-refractivity contribution in [3.8, 4) is 0 Å². The summed E-state index contributed by atoms with van der Waals surface area (Å²) < 4.78 is 1.88. The first-order valence-electron chi connectivity index (χ1n) is 6.61. The number of thiophene rings is 1. The molecule has 22 heavy (non-hydrogen) atoms. The van der Waals surface area contributed by atoms with Gasteiger partial charge < -0.3 is 4.57 Å². The molecule has 2 aromatic heterocycles. The number of fused-ring (bicyclic) bond motifs is 1. The van der Waals surface area contributed by atoms with Crippen LogP contribution < -0.4 is 5.32 Å². The van der Waals surface area contributed by atoms with Gasteiger partial charge in [0.2, 0.25) is 5.95 Å². The SMILES string of the molecule is CCn1c(NC(=O)c2ccc([N+](=O)[O-])s2)nc2ccccc21. The maximum absolute atomic E-state index is 12.2. The number of carbonyl (C=O) groups excluding carboxylic acids is 1. The molecule has 3 aromatic rings. The number of nitrogens with zero attached hydrogens (tertiary/aromatic N) is 3. The number of rotatable bonds is 4. The molecule has 0 fully saturated rings. The van der Waals surface area contributed by atoms with Crippen molar-refractivity contribution in [1.82, 2.24) is 9.55 Å². The van der Waals surface area contributed by atoms with Crippen LogP contribution in [0.2, 0.25) is 0 Å². The van der Waals surface area contributed by atoms with Crippen molar-refractivity contribution in [3.63, 3.8) is 0 Å². The lowest BCUT2D eigenvalue weighted by molar-refractivity contribution is -0.380. The number of nitro groups is 1. The standard InChI is InChI=1S/C14H12N4O3S/c1-2-17-10-6-4-3-5-9(10)15-14(17)16-13(19)11-7-8-12(22-11)18(20)21/h3-8H,2H2,1H3,(H,15,16,19). The smallest absolute Gasteiger partial charge is 0.310 e. The molecule has 1 amide bonds. The molecule has 0 radical (unpaired) electrons. The lowest BCUT2D eigenvalue weighted by Gasteiger charge is -2.06. The van der Waals surface area contributed by atoms with Gasteiger partial charge in [0.15, 0.2) is 0 Å². The molecule has 2 heterocycles. The zero-order valence-corrected chi connectivity index (χ0v) is 12.5. The Hall–Kier alpha value is -2.74. The van der Waals surface area contributed by atoms with Crippen LogP contribution in [0.5, 0.6) is 0 Å². The molecule has 0 aliphatic heterocycles. The van der Waals surface area contributed by atoms with E-state index in [9.17, 15) is 14.9 Å². The third-order valence-electron chi connectivity index (χ3n) is 3.19. The van der Waals surface area contributed by atoms with Crippen molar-refractivity contribution < 1.29 is 9.72 Å². The molecule has 0 atom stereocenters. The number of amides is 1. The van der Waals surface area contributed by atoms with Gasteiger partial charge in [0, 0.05) is 12.6 Å². The van der Waals surface area contributed by atoms with E-state index in [4.69, 9.17) is 0 Å². The second kappa shape index (κ2) is 5.57. The first-order chi connectivity index (χ1) is 10.6. The molecule has 0 aliphatic rings. The Morgan fingerprint density at radius 1 is 1.36 bits per heavy atom. The summed E-state index contributed by atoms with van der Waals surface area (Å²) in [5, 5.41) is 13.3. The fraction of sp³-hybridized carbons (Fsp3) is 0.143. The zero-order valence-electron chi connectivity index (χ0n) is 11.6. The molecule has 7 nitrogen and oxygen atoms in total. The van der Waals surface area contributed by atoms with Gasteiger partial charge in [-0.05, 0) is 25.1 Å². The summed E-state index contributed by atoms with van der Waals surface area (Å²) >= 11 is 0.841. The second-order valence-corrected chi connectivity index (χ2v) is 5.58. The molecule has 112 valence electrons. The number of hydrogen-bond acceptors (Lipinski definition) is 5. The summed E-state index contributed by atoms with van der Waals surface area (Å²) in [6.07, 6.45) is 0. The van der Waals surface area contributed by atoms with Crippen molar-refractivity contribution in [2.45, 2.75) is 13.5 Å². The summed E-state index contributed by atoms with van der Waals surface area (Å²) in [5.41, 5.74) is 1.72. The zero-order chi connectivity index (χ0) is 15.7. The molecule has 0 spiro atoms. The average Bonchev–Trinajstić information content (AvgIpc) is 3.11. The van der Waals surface area contributed by atoms with Crippen LogP contribution in [-0.2, 0) is 6.54 Å². The third kappa shape index (κ3) is 2.44. The van der Waals surface area contributed by atoms with Crippen molar-refractivity contribution >= 4 is 39.2 Å². The maximum atomic E-state index is 12.2. The average molecular weight is 316 g/mol. The van der Waals surface area contributed by atoms with Crippen LogP contribution in [0.1, 0.15) is 16.6 Å². The van der Waals surface area contributed by atoms with Gasteiger partial charge in [0.1, 0.15) is 0 Å². The van der Waals surface area contributed by atoms with Gasteiger partial charge in [-0.1, -0.05) is 23.5 Å². The second-order valence-electron chi connectivity index (χ2n) is 4.52. The van der Waals surface area contributed by atoms with E-state index in [1.54, 1.807) is 0 Å².